The van der Waals surface area contributed by atoms with E-state index >= 15 is 0 Å². The van der Waals surface area contributed by atoms with E-state index in [9.17, 15) is 18.4 Å². The number of carbonyl (C=O) groups is 2. The first-order chi connectivity index (χ1) is 16.2. The molecule has 0 saturated heterocycles. The van der Waals surface area contributed by atoms with Crippen LogP contribution in [-0.2, 0) is 11.3 Å². The largest absolute Gasteiger partial charge is 0.378 e. The fourth-order valence-electron chi connectivity index (χ4n) is 4.23. The molecule has 0 saturated carbocycles. The maximum atomic E-state index is 14.3. The molecule has 0 aliphatic carbocycles. The third-order valence-corrected chi connectivity index (χ3v) is 6.16. The zero-order valence-electron chi connectivity index (χ0n) is 20.5. The van der Waals surface area contributed by atoms with Crippen molar-refractivity contribution in [3.8, 4) is 0 Å². The maximum absolute atomic E-state index is 14.3. The van der Waals surface area contributed by atoms with E-state index in [0.717, 1.165) is 37.3 Å². The fraction of sp³-hybridized carbons (Fsp3) is 0.462. The number of halogens is 2. The third kappa shape index (κ3) is 6.11. The number of amides is 2. The number of fused-ring (bicyclic) bond motifs is 1. The second-order valence-corrected chi connectivity index (χ2v) is 8.98. The molecule has 0 bridgehead atoms. The minimum absolute atomic E-state index is 0.0781. The number of hydrogen-bond acceptors (Lipinski definition) is 4. The van der Waals surface area contributed by atoms with Crippen molar-refractivity contribution in [2.75, 3.05) is 57.1 Å². The van der Waals surface area contributed by atoms with Crippen molar-refractivity contribution in [1.29, 1.82) is 0 Å². The topological polar surface area (TPSA) is 47.1 Å². The van der Waals surface area contributed by atoms with Crippen LogP contribution in [0.25, 0.3) is 0 Å². The number of nitrogens with zero attached hydrogens (tertiary/aromatic N) is 4. The zero-order valence-corrected chi connectivity index (χ0v) is 20.5. The average Bonchev–Trinajstić information content (AvgIpc) is 2.82. The van der Waals surface area contributed by atoms with Gasteiger partial charge in [0, 0.05) is 57.5 Å². The number of rotatable bonds is 3. The fourth-order valence-corrected chi connectivity index (χ4v) is 4.23. The summed E-state index contributed by atoms with van der Waals surface area (Å²) in [6.07, 6.45) is 1.70. The van der Waals surface area contributed by atoms with Gasteiger partial charge in [-0.2, -0.15) is 0 Å². The Labute approximate surface area is 200 Å². The summed E-state index contributed by atoms with van der Waals surface area (Å²) >= 11 is 0. The summed E-state index contributed by atoms with van der Waals surface area (Å²) in [7, 11) is 5.82. The highest BCUT2D eigenvalue weighted by atomic mass is 19.2. The van der Waals surface area contributed by atoms with Crippen LogP contribution < -0.4 is 9.80 Å². The lowest BCUT2D eigenvalue weighted by Gasteiger charge is -2.31. The molecule has 2 aromatic rings. The van der Waals surface area contributed by atoms with Gasteiger partial charge in [-0.3, -0.25) is 9.59 Å². The van der Waals surface area contributed by atoms with Gasteiger partial charge in [0.25, 0.3) is 5.91 Å². The van der Waals surface area contributed by atoms with Crippen molar-refractivity contribution in [2.24, 2.45) is 0 Å². The second-order valence-electron chi connectivity index (χ2n) is 8.98. The van der Waals surface area contributed by atoms with Gasteiger partial charge in [-0.15, -0.1) is 0 Å². The van der Waals surface area contributed by atoms with Gasteiger partial charge in [0.2, 0.25) is 5.91 Å². The van der Waals surface area contributed by atoms with E-state index in [-0.39, 0.29) is 24.8 Å². The number of anilines is 2. The van der Waals surface area contributed by atoms with Crippen LogP contribution in [0.5, 0.6) is 0 Å². The quantitative estimate of drug-likeness (QED) is 0.674. The Kier molecular flexibility index (Phi) is 8.61. The summed E-state index contributed by atoms with van der Waals surface area (Å²) in [5.74, 6) is -2.35. The molecule has 0 spiro atoms. The van der Waals surface area contributed by atoms with Crippen LogP contribution >= 0.6 is 0 Å². The van der Waals surface area contributed by atoms with Crippen molar-refractivity contribution in [3.05, 3.63) is 59.2 Å². The first-order valence-corrected chi connectivity index (χ1v) is 11.7. The molecule has 0 unspecified atom stereocenters. The van der Waals surface area contributed by atoms with Gasteiger partial charge >= 0.3 is 0 Å². The van der Waals surface area contributed by atoms with E-state index in [0.29, 0.717) is 36.3 Å². The summed E-state index contributed by atoms with van der Waals surface area (Å²) in [5, 5.41) is 0. The van der Waals surface area contributed by atoms with E-state index in [1.165, 1.54) is 4.90 Å². The van der Waals surface area contributed by atoms with E-state index in [1.807, 2.05) is 44.2 Å². The maximum Gasteiger partial charge on any atom is 0.254 e. The standard InChI is InChI=1S/C26H34F2N4O2/c1-5-25(33)32-14-8-12-30(4)11-7-13-31(18-20-16-22(27)23(28)17-24(20)32)26(34)19-9-6-10-21(15-19)29(2)3/h6,9-10,15-17H,5,7-8,11-14,18H2,1-4H3. The normalized spacial score (nSPS) is 15.8. The summed E-state index contributed by atoms with van der Waals surface area (Å²) < 4.78 is 28.6. The second kappa shape index (κ2) is 11.4. The zero-order chi connectivity index (χ0) is 24.8. The van der Waals surface area contributed by atoms with Crippen molar-refractivity contribution in [2.45, 2.75) is 32.7 Å². The summed E-state index contributed by atoms with van der Waals surface area (Å²) in [6, 6.07) is 9.54. The molecule has 0 radical (unpaired) electrons. The number of benzene rings is 2. The highest BCUT2D eigenvalue weighted by Gasteiger charge is 2.24. The molecule has 1 aliphatic rings. The summed E-state index contributed by atoms with van der Waals surface area (Å²) in [5.41, 5.74) is 2.17. The van der Waals surface area contributed by atoms with Crippen molar-refractivity contribution in [1.82, 2.24) is 9.80 Å². The van der Waals surface area contributed by atoms with Crippen molar-refractivity contribution >= 4 is 23.2 Å². The smallest absolute Gasteiger partial charge is 0.254 e. The minimum atomic E-state index is -1.01. The van der Waals surface area contributed by atoms with Crippen molar-refractivity contribution < 1.29 is 18.4 Å². The van der Waals surface area contributed by atoms with Crippen LogP contribution in [0.1, 0.15) is 42.1 Å². The molecule has 0 aromatic heterocycles. The molecule has 8 heteroatoms. The van der Waals surface area contributed by atoms with Gasteiger partial charge in [0.15, 0.2) is 11.6 Å². The van der Waals surface area contributed by atoms with Gasteiger partial charge in [0.05, 0.1) is 5.69 Å². The molecule has 1 heterocycles. The van der Waals surface area contributed by atoms with Gasteiger partial charge in [-0.05, 0) is 62.8 Å². The van der Waals surface area contributed by atoms with Gasteiger partial charge in [0.1, 0.15) is 0 Å². The summed E-state index contributed by atoms with van der Waals surface area (Å²) in [4.78, 5) is 33.6. The predicted octanol–water partition coefficient (Wildman–Crippen LogP) is 4.14. The molecule has 0 N–H and O–H groups in total. The van der Waals surface area contributed by atoms with Crippen LogP contribution in [0.15, 0.2) is 36.4 Å². The molecule has 34 heavy (non-hydrogen) atoms. The molecule has 184 valence electrons. The number of hydrogen-bond donors (Lipinski definition) is 0. The molecule has 2 amide bonds. The molecule has 1 aliphatic heterocycles. The van der Waals surface area contributed by atoms with E-state index in [4.69, 9.17) is 0 Å². The lowest BCUT2D eigenvalue weighted by molar-refractivity contribution is -0.118. The summed E-state index contributed by atoms with van der Waals surface area (Å²) in [6.45, 7) is 4.22. The van der Waals surface area contributed by atoms with Gasteiger partial charge in [-0.25, -0.2) is 8.78 Å². The van der Waals surface area contributed by atoms with Gasteiger partial charge in [-0.1, -0.05) is 13.0 Å². The molecular formula is C26H34F2N4O2. The third-order valence-electron chi connectivity index (χ3n) is 6.16. The van der Waals surface area contributed by atoms with Crippen LogP contribution in [0.2, 0.25) is 0 Å². The van der Waals surface area contributed by atoms with E-state index < -0.39 is 11.6 Å². The molecule has 0 atom stereocenters. The Balaban J connectivity index is 2.05. The highest BCUT2D eigenvalue weighted by Crippen LogP contribution is 2.28. The Morgan fingerprint density at radius 1 is 0.971 bits per heavy atom. The van der Waals surface area contributed by atoms with Crippen molar-refractivity contribution in [3.63, 3.8) is 0 Å². The monoisotopic (exact) mass is 472 g/mol. The van der Waals surface area contributed by atoms with E-state index in [1.54, 1.807) is 17.9 Å². The van der Waals surface area contributed by atoms with E-state index in [2.05, 4.69) is 4.90 Å². The van der Waals surface area contributed by atoms with Crippen LogP contribution in [0.4, 0.5) is 20.2 Å². The Morgan fingerprint density at radius 2 is 1.65 bits per heavy atom. The van der Waals surface area contributed by atoms with Crippen LogP contribution in [-0.4, -0.2) is 68.9 Å². The number of carbonyl (C=O) groups excluding carboxylic acids is 2. The molecule has 0 fully saturated rings. The Morgan fingerprint density at radius 3 is 2.32 bits per heavy atom. The SMILES string of the molecule is CCC(=O)N1CCCN(C)CCCN(C(=O)c2cccc(N(C)C)c2)Cc2cc(F)c(F)cc21. The van der Waals surface area contributed by atoms with Gasteiger partial charge < -0.3 is 19.6 Å². The van der Waals surface area contributed by atoms with Crippen LogP contribution in [0, 0.1) is 11.6 Å². The molecule has 6 nitrogen and oxygen atoms in total. The Bertz CT molecular complexity index is 1030. The highest BCUT2D eigenvalue weighted by molar-refractivity contribution is 5.96. The first-order valence-electron chi connectivity index (χ1n) is 11.7. The molecular weight excluding hydrogens is 438 g/mol. The average molecular weight is 473 g/mol. The predicted molar refractivity (Wildman–Crippen MR) is 131 cm³/mol. The first kappa shape index (κ1) is 25.6. The lowest BCUT2D eigenvalue weighted by atomic mass is 10.1. The lowest BCUT2D eigenvalue weighted by Crippen LogP contribution is -2.38. The Hall–Kier alpha value is -3.00. The molecule has 3 rings (SSSR count). The molecule has 2 aromatic carbocycles. The minimum Gasteiger partial charge on any atom is -0.378 e. The van der Waals surface area contributed by atoms with Crippen LogP contribution in [0.3, 0.4) is 0 Å².